The number of aromatic nitrogens is 3. The number of ether oxygens (including phenoxy) is 1. The maximum Gasteiger partial charge on any atom is 0.227 e. The van der Waals surface area contributed by atoms with E-state index in [0.717, 1.165) is 52.1 Å². The lowest BCUT2D eigenvalue weighted by Crippen LogP contribution is -2.45. The summed E-state index contributed by atoms with van der Waals surface area (Å²) in [5, 5.41) is 18.7. The number of aryl methyl sites for hydroxylation is 1. The van der Waals surface area contributed by atoms with Crippen LogP contribution in [0.3, 0.4) is 0 Å². The SMILES string of the molecule is COCCCn1ccc2c(Nc3nccc(-c4cc(C#N)c5c(c4)C(C)(CO[Si](C)(C)C(C)(C)C)CN5)n3)cc(Cl)cc21. The molecule has 10 heteroatoms. The highest BCUT2D eigenvalue weighted by Gasteiger charge is 2.42. The molecule has 2 aromatic carbocycles. The maximum atomic E-state index is 10.1. The van der Waals surface area contributed by atoms with Crippen LogP contribution in [0, 0.1) is 11.3 Å². The number of methoxy groups -OCH3 is 1. The second kappa shape index (κ2) is 11.9. The van der Waals surface area contributed by atoms with Crippen LogP contribution in [0.4, 0.5) is 17.3 Å². The lowest BCUT2D eigenvalue weighted by Gasteiger charge is -2.39. The van der Waals surface area contributed by atoms with E-state index in [9.17, 15) is 5.26 Å². The lowest BCUT2D eigenvalue weighted by atomic mass is 9.83. The van der Waals surface area contributed by atoms with Gasteiger partial charge in [-0.2, -0.15) is 5.26 Å². The standard InChI is InChI=1S/C33H41ClN6O2Si/c1-32(2,3)43(6,7)42-21-33(4)20-37-30-23(19-35)15-22(16-26(30)33)27-9-11-36-31(38-27)39-28-17-24(34)18-29-25(28)10-13-40(29)12-8-14-41-5/h9-11,13,15-18,37H,8,12,14,20-21H2,1-7H3,(H,36,38,39). The fraction of sp³-hybridized carbons (Fsp3) is 0.424. The Morgan fingerprint density at radius 1 is 1.21 bits per heavy atom. The van der Waals surface area contributed by atoms with Crippen LogP contribution < -0.4 is 10.6 Å². The van der Waals surface area contributed by atoms with Gasteiger partial charge in [-0.15, -0.1) is 0 Å². The fourth-order valence-corrected chi connectivity index (χ4v) is 6.57. The molecular weight excluding hydrogens is 576 g/mol. The number of halogens is 1. The van der Waals surface area contributed by atoms with Gasteiger partial charge in [-0.05, 0) is 66.5 Å². The highest BCUT2D eigenvalue weighted by molar-refractivity contribution is 6.74. The Hall–Kier alpha value is -3.42. The van der Waals surface area contributed by atoms with Crippen molar-refractivity contribution in [1.82, 2.24) is 14.5 Å². The molecule has 43 heavy (non-hydrogen) atoms. The minimum atomic E-state index is -1.95. The minimum absolute atomic E-state index is 0.115. The first-order valence-corrected chi connectivity index (χ1v) is 18.0. The van der Waals surface area contributed by atoms with Crippen LogP contribution in [0.2, 0.25) is 23.2 Å². The van der Waals surface area contributed by atoms with Gasteiger partial charge in [0, 0.05) is 67.2 Å². The molecule has 0 spiro atoms. The average molecular weight is 617 g/mol. The monoisotopic (exact) mass is 616 g/mol. The fourth-order valence-electron chi connectivity index (χ4n) is 5.25. The van der Waals surface area contributed by atoms with E-state index in [4.69, 9.17) is 25.7 Å². The highest BCUT2D eigenvalue weighted by atomic mass is 35.5. The highest BCUT2D eigenvalue weighted by Crippen LogP contribution is 2.44. The summed E-state index contributed by atoms with van der Waals surface area (Å²) < 4.78 is 14.1. The Morgan fingerprint density at radius 3 is 2.72 bits per heavy atom. The number of anilines is 3. The molecule has 5 rings (SSSR count). The van der Waals surface area contributed by atoms with Gasteiger partial charge >= 0.3 is 0 Å². The quantitative estimate of drug-likeness (QED) is 0.137. The Balaban J connectivity index is 1.45. The predicted octanol–water partition coefficient (Wildman–Crippen LogP) is 8.11. The molecule has 0 fully saturated rings. The van der Waals surface area contributed by atoms with Crippen molar-refractivity contribution in [3.8, 4) is 17.3 Å². The van der Waals surface area contributed by atoms with Crippen LogP contribution in [0.5, 0.6) is 0 Å². The zero-order valence-electron chi connectivity index (χ0n) is 26.1. The van der Waals surface area contributed by atoms with Crippen molar-refractivity contribution in [1.29, 1.82) is 5.26 Å². The number of nitriles is 1. The van der Waals surface area contributed by atoms with Crippen molar-refractivity contribution in [2.24, 2.45) is 0 Å². The van der Waals surface area contributed by atoms with Crippen molar-refractivity contribution >= 4 is 48.1 Å². The zero-order valence-corrected chi connectivity index (χ0v) is 27.9. The van der Waals surface area contributed by atoms with Crippen LogP contribution in [-0.4, -0.2) is 49.7 Å². The maximum absolute atomic E-state index is 10.1. The molecule has 0 saturated carbocycles. The van der Waals surface area contributed by atoms with Gasteiger partial charge in [0.1, 0.15) is 6.07 Å². The van der Waals surface area contributed by atoms with E-state index in [1.807, 2.05) is 24.3 Å². The van der Waals surface area contributed by atoms with E-state index >= 15 is 0 Å². The second-order valence-electron chi connectivity index (χ2n) is 13.2. The number of fused-ring (bicyclic) bond motifs is 2. The van der Waals surface area contributed by atoms with Gasteiger partial charge in [0.25, 0.3) is 0 Å². The van der Waals surface area contributed by atoms with Crippen molar-refractivity contribution in [2.45, 2.75) is 64.2 Å². The van der Waals surface area contributed by atoms with Gasteiger partial charge in [-0.3, -0.25) is 0 Å². The summed E-state index contributed by atoms with van der Waals surface area (Å²) in [5.41, 5.74) is 5.75. The number of rotatable bonds is 10. The first kappa shape index (κ1) is 31.0. The van der Waals surface area contributed by atoms with Crippen LogP contribution in [0.1, 0.15) is 45.2 Å². The third-order valence-electron chi connectivity index (χ3n) is 8.92. The third-order valence-corrected chi connectivity index (χ3v) is 13.6. The van der Waals surface area contributed by atoms with Gasteiger partial charge < -0.3 is 24.4 Å². The van der Waals surface area contributed by atoms with Crippen molar-refractivity contribution in [3.63, 3.8) is 0 Å². The number of hydrogen-bond acceptors (Lipinski definition) is 7. The summed E-state index contributed by atoms with van der Waals surface area (Å²) in [7, 11) is -0.241. The number of hydrogen-bond donors (Lipinski definition) is 2. The molecule has 2 aromatic heterocycles. The van der Waals surface area contributed by atoms with Crippen molar-refractivity contribution in [3.05, 3.63) is 64.9 Å². The number of benzene rings is 2. The van der Waals surface area contributed by atoms with Gasteiger partial charge in [0.05, 0.1) is 28.1 Å². The molecule has 0 amide bonds. The van der Waals surface area contributed by atoms with Crippen molar-refractivity contribution < 1.29 is 9.16 Å². The molecule has 8 nitrogen and oxygen atoms in total. The number of nitrogens with zero attached hydrogens (tertiary/aromatic N) is 4. The largest absolute Gasteiger partial charge is 0.416 e. The smallest absolute Gasteiger partial charge is 0.227 e. The molecule has 2 N–H and O–H groups in total. The first-order valence-electron chi connectivity index (χ1n) is 14.7. The van der Waals surface area contributed by atoms with E-state index in [0.29, 0.717) is 36.3 Å². The molecule has 0 bridgehead atoms. The van der Waals surface area contributed by atoms with E-state index in [1.165, 1.54) is 0 Å². The predicted molar refractivity (Wildman–Crippen MR) is 178 cm³/mol. The van der Waals surface area contributed by atoms with Gasteiger partial charge in [-0.1, -0.05) is 39.3 Å². The molecule has 1 aliphatic rings. The molecule has 226 valence electrons. The summed E-state index contributed by atoms with van der Waals surface area (Å²) in [6.07, 6.45) is 4.70. The van der Waals surface area contributed by atoms with E-state index in [-0.39, 0.29) is 10.5 Å². The van der Waals surface area contributed by atoms with Crippen LogP contribution >= 0.6 is 11.6 Å². The van der Waals surface area contributed by atoms with E-state index in [1.54, 1.807) is 13.3 Å². The Morgan fingerprint density at radius 2 is 2.00 bits per heavy atom. The first-order chi connectivity index (χ1) is 20.3. The lowest BCUT2D eigenvalue weighted by molar-refractivity contribution is 0.190. The average Bonchev–Trinajstić information content (AvgIpc) is 3.52. The Labute approximate surface area is 260 Å². The molecular formula is C33H41ClN6O2Si. The van der Waals surface area contributed by atoms with Crippen molar-refractivity contribution in [2.75, 3.05) is 37.5 Å². The molecule has 0 aliphatic carbocycles. The zero-order chi connectivity index (χ0) is 31.0. The molecule has 0 saturated heterocycles. The topological polar surface area (TPSA) is 97.0 Å². The summed E-state index contributed by atoms with van der Waals surface area (Å²) >= 11 is 6.54. The summed E-state index contributed by atoms with van der Waals surface area (Å²) in [6.45, 7) is 16.3. The summed E-state index contributed by atoms with van der Waals surface area (Å²) in [4.78, 5) is 9.37. The van der Waals surface area contributed by atoms with E-state index < -0.39 is 8.32 Å². The van der Waals surface area contributed by atoms with Gasteiger partial charge in [-0.25, -0.2) is 9.97 Å². The van der Waals surface area contributed by atoms with Gasteiger partial charge in [0.2, 0.25) is 5.95 Å². The second-order valence-corrected chi connectivity index (χ2v) is 18.4. The van der Waals surface area contributed by atoms with Crippen LogP contribution in [0.25, 0.3) is 22.2 Å². The summed E-state index contributed by atoms with van der Waals surface area (Å²) in [6, 6.07) is 14.3. The van der Waals surface area contributed by atoms with Crippen LogP contribution in [-0.2, 0) is 21.1 Å². The molecule has 1 unspecified atom stereocenters. The minimum Gasteiger partial charge on any atom is -0.416 e. The van der Waals surface area contributed by atoms with Gasteiger partial charge in [0.15, 0.2) is 8.32 Å². The molecule has 1 atom stereocenters. The third kappa shape index (κ3) is 6.29. The Kier molecular flexibility index (Phi) is 8.60. The Bertz CT molecular complexity index is 1690. The summed E-state index contributed by atoms with van der Waals surface area (Å²) in [5.74, 6) is 0.453. The van der Waals surface area contributed by atoms with Crippen LogP contribution in [0.15, 0.2) is 48.8 Å². The number of nitrogens with one attached hydrogen (secondary N) is 2. The van der Waals surface area contributed by atoms with E-state index in [2.05, 4.69) is 85.4 Å². The normalized spacial score (nSPS) is 16.6. The molecule has 1 aliphatic heterocycles. The molecule has 4 aromatic rings. The molecule has 3 heterocycles. The molecule has 0 radical (unpaired) electrons.